The van der Waals surface area contributed by atoms with Gasteiger partial charge in [-0.3, -0.25) is 14.5 Å². The van der Waals surface area contributed by atoms with Crippen molar-refractivity contribution in [3.63, 3.8) is 0 Å². The molecule has 0 N–H and O–H groups in total. The molecular weight excluding hydrogens is 428 g/mol. The number of para-hydroxylation sites is 1. The second-order valence-corrected chi connectivity index (χ2v) is 9.66. The fraction of sp³-hybridized carbons (Fsp3) is 0.444. The molecule has 0 aliphatic carbocycles. The highest BCUT2D eigenvalue weighted by atomic mass is 16.5. The van der Waals surface area contributed by atoms with Gasteiger partial charge >= 0.3 is 0 Å². The first-order chi connectivity index (χ1) is 16.5. The first-order valence-electron chi connectivity index (χ1n) is 12.2. The summed E-state index contributed by atoms with van der Waals surface area (Å²) in [6.45, 7) is 8.69. The number of amides is 1. The summed E-state index contributed by atoms with van der Waals surface area (Å²) in [5.74, 6) is 0.470. The highest BCUT2D eigenvalue weighted by Gasteiger charge is 2.30. The van der Waals surface area contributed by atoms with Gasteiger partial charge in [0.2, 0.25) is 0 Å². The Labute approximate surface area is 199 Å². The molecular formula is C27H32N4O3. The van der Waals surface area contributed by atoms with Gasteiger partial charge in [-0.25, -0.2) is 0 Å². The third kappa shape index (κ3) is 4.63. The SMILES string of the molecule is CC1CN(CC2CCN(C(=O)c3nn(-c4ccccc4)c(=O)c4ccccc34)CC2)CC(C)O1. The minimum atomic E-state index is -0.217. The molecule has 34 heavy (non-hydrogen) atoms. The zero-order valence-corrected chi connectivity index (χ0v) is 19.9. The molecule has 5 rings (SSSR count). The van der Waals surface area contributed by atoms with Gasteiger partial charge in [0.15, 0.2) is 5.69 Å². The number of benzene rings is 2. The summed E-state index contributed by atoms with van der Waals surface area (Å²) >= 11 is 0. The normalized spacial score (nSPS) is 22.2. The Hall–Kier alpha value is -3.03. The van der Waals surface area contributed by atoms with Crippen LogP contribution in [0.3, 0.4) is 0 Å². The average Bonchev–Trinajstić information content (AvgIpc) is 2.84. The van der Waals surface area contributed by atoms with E-state index >= 15 is 0 Å². The van der Waals surface area contributed by atoms with Gasteiger partial charge in [-0.05, 0) is 50.8 Å². The molecule has 3 aromatic rings. The summed E-state index contributed by atoms with van der Waals surface area (Å²) in [6, 6.07) is 16.5. The lowest BCUT2D eigenvalue weighted by atomic mass is 9.95. The van der Waals surface area contributed by atoms with Crippen molar-refractivity contribution in [3.05, 3.63) is 70.6 Å². The Morgan fingerprint density at radius 1 is 0.941 bits per heavy atom. The molecule has 7 nitrogen and oxygen atoms in total. The van der Waals surface area contributed by atoms with Crippen molar-refractivity contribution < 1.29 is 9.53 Å². The quantitative estimate of drug-likeness (QED) is 0.597. The van der Waals surface area contributed by atoms with Gasteiger partial charge < -0.3 is 9.64 Å². The number of aromatic nitrogens is 2. The molecule has 0 saturated carbocycles. The van der Waals surface area contributed by atoms with Crippen LogP contribution < -0.4 is 5.56 Å². The van der Waals surface area contributed by atoms with Crippen LogP contribution >= 0.6 is 0 Å². The molecule has 2 aliphatic heterocycles. The number of carbonyl (C=O) groups is 1. The molecule has 2 saturated heterocycles. The summed E-state index contributed by atoms with van der Waals surface area (Å²) in [7, 11) is 0. The van der Waals surface area contributed by atoms with Crippen molar-refractivity contribution in [3.8, 4) is 5.69 Å². The van der Waals surface area contributed by atoms with Gasteiger partial charge in [0.25, 0.3) is 11.5 Å². The van der Waals surface area contributed by atoms with Crippen molar-refractivity contribution >= 4 is 16.7 Å². The number of carbonyl (C=O) groups excluding carboxylic acids is 1. The maximum atomic E-state index is 13.6. The number of fused-ring (bicyclic) bond motifs is 1. The molecule has 1 aromatic heterocycles. The molecule has 2 fully saturated rings. The molecule has 7 heteroatoms. The van der Waals surface area contributed by atoms with Crippen molar-refractivity contribution in [2.45, 2.75) is 38.9 Å². The van der Waals surface area contributed by atoms with Gasteiger partial charge in [0, 0.05) is 38.1 Å². The van der Waals surface area contributed by atoms with Gasteiger partial charge in [-0.1, -0.05) is 36.4 Å². The average molecular weight is 461 g/mol. The van der Waals surface area contributed by atoms with Crippen LogP contribution in [0.5, 0.6) is 0 Å². The zero-order chi connectivity index (χ0) is 23.7. The number of rotatable bonds is 4. The van der Waals surface area contributed by atoms with Crippen LogP contribution in [0.15, 0.2) is 59.4 Å². The summed E-state index contributed by atoms with van der Waals surface area (Å²) in [5.41, 5.74) is 0.777. The van der Waals surface area contributed by atoms with E-state index in [9.17, 15) is 9.59 Å². The lowest BCUT2D eigenvalue weighted by molar-refractivity contribution is -0.0728. The molecule has 2 aromatic carbocycles. The minimum Gasteiger partial charge on any atom is -0.373 e. The smallest absolute Gasteiger partial charge is 0.279 e. The Morgan fingerprint density at radius 2 is 1.56 bits per heavy atom. The molecule has 2 atom stereocenters. The number of likely N-dealkylation sites (tertiary alicyclic amines) is 1. The molecule has 2 unspecified atom stereocenters. The molecule has 3 heterocycles. The van der Waals surface area contributed by atoms with Crippen LogP contribution in [0.2, 0.25) is 0 Å². The third-order valence-corrected chi connectivity index (χ3v) is 6.92. The van der Waals surface area contributed by atoms with Gasteiger partial charge in [0.1, 0.15) is 0 Å². The molecule has 1 amide bonds. The highest BCUT2D eigenvalue weighted by Crippen LogP contribution is 2.24. The fourth-order valence-corrected chi connectivity index (χ4v) is 5.36. The van der Waals surface area contributed by atoms with E-state index in [0.29, 0.717) is 41.2 Å². The van der Waals surface area contributed by atoms with E-state index in [2.05, 4.69) is 23.8 Å². The maximum absolute atomic E-state index is 13.6. The second kappa shape index (κ2) is 9.68. The van der Waals surface area contributed by atoms with Gasteiger partial charge in [-0.2, -0.15) is 9.78 Å². The number of hydrogen-bond acceptors (Lipinski definition) is 5. The number of morpholine rings is 1. The Morgan fingerprint density at radius 3 is 2.24 bits per heavy atom. The molecule has 0 radical (unpaired) electrons. The second-order valence-electron chi connectivity index (χ2n) is 9.66. The predicted octanol–water partition coefficient (Wildman–Crippen LogP) is 3.35. The standard InChI is InChI=1S/C27H32N4O3/c1-19-16-29(17-20(2)34-19)18-21-12-14-30(15-13-21)27(33)25-23-10-6-7-11-24(23)26(32)31(28-25)22-8-4-3-5-9-22/h3-11,19-21H,12-18H2,1-2H3. The topological polar surface area (TPSA) is 67.7 Å². The van der Waals surface area contributed by atoms with Gasteiger partial charge in [0.05, 0.1) is 23.3 Å². The lowest BCUT2D eigenvalue weighted by Crippen LogP contribution is -2.48. The lowest BCUT2D eigenvalue weighted by Gasteiger charge is -2.39. The monoisotopic (exact) mass is 460 g/mol. The van der Waals surface area contributed by atoms with Crippen molar-refractivity contribution in [1.82, 2.24) is 19.6 Å². The first kappa shape index (κ1) is 22.7. The molecule has 2 aliphatic rings. The van der Waals surface area contributed by atoms with Crippen LogP contribution in [0.25, 0.3) is 16.5 Å². The van der Waals surface area contributed by atoms with Crippen molar-refractivity contribution in [2.75, 3.05) is 32.7 Å². The van der Waals surface area contributed by atoms with Crippen molar-refractivity contribution in [2.24, 2.45) is 5.92 Å². The summed E-state index contributed by atoms with van der Waals surface area (Å²) in [5, 5.41) is 5.69. The molecule has 0 bridgehead atoms. The van der Waals surface area contributed by atoms with E-state index < -0.39 is 0 Å². The van der Waals surface area contributed by atoms with Crippen LogP contribution in [-0.2, 0) is 4.74 Å². The van der Waals surface area contributed by atoms with Crippen LogP contribution in [-0.4, -0.2) is 70.4 Å². The Balaban J connectivity index is 1.35. The third-order valence-electron chi connectivity index (χ3n) is 6.92. The van der Waals surface area contributed by atoms with Crippen LogP contribution in [0, 0.1) is 5.92 Å². The number of hydrogen-bond donors (Lipinski definition) is 0. The predicted molar refractivity (Wildman–Crippen MR) is 132 cm³/mol. The Bertz CT molecular complexity index is 1210. The largest absolute Gasteiger partial charge is 0.373 e. The number of piperidine rings is 1. The van der Waals surface area contributed by atoms with Gasteiger partial charge in [-0.15, -0.1) is 0 Å². The minimum absolute atomic E-state index is 0.104. The number of nitrogens with zero attached hydrogens (tertiary/aromatic N) is 4. The molecule has 178 valence electrons. The first-order valence-corrected chi connectivity index (χ1v) is 12.2. The molecule has 0 spiro atoms. The zero-order valence-electron chi connectivity index (χ0n) is 19.9. The van der Waals surface area contributed by atoms with E-state index in [-0.39, 0.29) is 23.7 Å². The summed E-state index contributed by atoms with van der Waals surface area (Å²) in [4.78, 5) is 31.1. The fourth-order valence-electron chi connectivity index (χ4n) is 5.36. The maximum Gasteiger partial charge on any atom is 0.279 e. The summed E-state index contributed by atoms with van der Waals surface area (Å²) < 4.78 is 7.21. The van der Waals surface area contributed by atoms with E-state index in [1.54, 1.807) is 6.07 Å². The highest BCUT2D eigenvalue weighted by molar-refractivity contribution is 6.04. The van der Waals surface area contributed by atoms with Crippen LogP contribution in [0.1, 0.15) is 37.2 Å². The summed E-state index contributed by atoms with van der Waals surface area (Å²) in [6.07, 6.45) is 2.49. The van der Waals surface area contributed by atoms with E-state index in [1.165, 1.54) is 4.68 Å². The Kier molecular flexibility index (Phi) is 6.48. The van der Waals surface area contributed by atoms with E-state index in [0.717, 1.165) is 32.5 Å². The van der Waals surface area contributed by atoms with Crippen molar-refractivity contribution in [1.29, 1.82) is 0 Å². The number of ether oxygens (including phenoxy) is 1. The van der Waals surface area contributed by atoms with E-state index in [1.807, 2.05) is 53.4 Å². The van der Waals surface area contributed by atoms with Crippen LogP contribution in [0.4, 0.5) is 0 Å². The van der Waals surface area contributed by atoms with E-state index in [4.69, 9.17) is 4.74 Å².